The van der Waals surface area contributed by atoms with Crippen LogP contribution in [0, 0.1) is 5.82 Å². The van der Waals surface area contributed by atoms with Crippen LogP contribution in [-0.4, -0.2) is 37.7 Å². The van der Waals surface area contributed by atoms with Gasteiger partial charge in [-0.05, 0) is 63.8 Å². The van der Waals surface area contributed by atoms with Gasteiger partial charge in [-0.1, -0.05) is 6.42 Å². The predicted molar refractivity (Wildman–Crippen MR) is 122 cm³/mol. The highest BCUT2D eigenvalue weighted by Gasteiger charge is 2.20. The summed E-state index contributed by atoms with van der Waals surface area (Å²) in [6, 6.07) is 5.28. The molecule has 176 valence electrons. The van der Waals surface area contributed by atoms with Gasteiger partial charge in [-0.2, -0.15) is 0 Å². The summed E-state index contributed by atoms with van der Waals surface area (Å²) in [5.74, 6) is -2.54. The van der Waals surface area contributed by atoms with Crippen LogP contribution in [0.25, 0.3) is 11.0 Å². The Bertz CT molecular complexity index is 1160. The van der Waals surface area contributed by atoms with E-state index in [-0.39, 0.29) is 17.7 Å². The van der Waals surface area contributed by atoms with Gasteiger partial charge in [-0.25, -0.2) is 19.0 Å². The van der Waals surface area contributed by atoms with Gasteiger partial charge in [0.25, 0.3) is 0 Å². The number of esters is 1. The van der Waals surface area contributed by atoms with Crippen molar-refractivity contribution >= 4 is 23.0 Å². The quantitative estimate of drug-likeness (QED) is 0.345. The van der Waals surface area contributed by atoms with Crippen LogP contribution in [-0.2, 0) is 17.7 Å². The molecule has 0 aliphatic heterocycles. The van der Waals surface area contributed by atoms with E-state index in [9.17, 15) is 19.1 Å². The minimum Gasteiger partial charge on any atom is -0.478 e. The third-order valence-corrected chi connectivity index (χ3v) is 5.30. The van der Waals surface area contributed by atoms with E-state index in [1.54, 1.807) is 19.9 Å². The number of fused-ring (bicyclic) bond motifs is 1. The van der Waals surface area contributed by atoms with Crippen molar-refractivity contribution in [3.8, 4) is 0 Å². The lowest BCUT2D eigenvalue weighted by molar-refractivity contribution is 0.0365. The second-order valence-electron chi connectivity index (χ2n) is 8.34. The highest BCUT2D eigenvalue weighted by molar-refractivity contribution is 5.94. The number of unbranched alkanes of at least 4 members (excludes halogenated alkanes) is 2. The SMILES string of the molecule is CC(C)OC(=O)c1cc2ccc([C@@H](C)N)nc2n1CCCCCc1cncc(F)c1C(=O)O. The topological polar surface area (TPSA) is 120 Å². The van der Waals surface area contributed by atoms with Gasteiger partial charge in [0.15, 0.2) is 5.82 Å². The number of carbonyl (C=O) groups is 2. The molecule has 0 radical (unpaired) electrons. The minimum absolute atomic E-state index is 0.243. The fourth-order valence-corrected chi connectivity index (χ4v) is 3.73. The summed E-state index contributed by atoms with van der Waals surface area (Å²) in [5.41, 5.74) is 7.86. The van der Waals surface area contributed by atoms with Gasteiger partial charge in [0.05, 0.1) is 18.0 Å². The first kappa shape index (κ1) is 24.3. The highest BCUT2D eigenvalue weighted by atomic mass is 19.1. The van der Waals surface area contributed by atoms with Crippen LogP contribution in [0.4, 0.5) is 4.39 Å². The third-order valence-electron chi connectivity index (χ3n) is 5.30. The van der Waals surface area contributed by atoms with Gasteiger partial charge in [-0.15, -0.1) is 0 Å². The summed E-state index contributed by atoms with van der Waals surface area (Å²) in [4.78, 5) is 32.4. The summed E-state index contributed by atoms with van der Waals surface area (Å²) in [5, 5.41) is 10.1. The number of pyridine rings is 2. The lowest BCUT2D eigenvalue weighted by Crippen LogP contribution is -2.17. The number of ether oxygens (including phenoxy) is 1. The van der Waals surface area contributed by atoms with Gasteiger partial charge in [0.2, 0.25) is 0 Å². The lowest BCUT2D eigenvalue weighted by atomic mass is 10.0. The van der Waals surface area contributed by atoms with Crippen LogP contribution in [0.5, 0.6) is 0 Å². The summed E-state index contributed by atoms with van der Waals surface area (Å²) in [7, 11) is 0. The van der Waals surface area contributed by atoms with Gasteiger partial charge < -0.3 is 20.1 Å². The molecule has 0 amide bonds. The molecule has 0 aromatic carbocycles. The summed E-state index contributed by atoms with van der Waals surface area (Å²) in [6.07, 6.45) is 4.54. The Hall–Kier alpha value is -3.33. The first-order valence-electron chi connectivity index (χ1n) is 11.0. The van der Waals surface area contributed by atoms with Crippen LogP contribution in [0.15, 0.2) is 30.6 Å². The van der Waals surface area contributed by atoms with Crippen LogP contribution in [0.2, 0.25) is 0 Å². The van der Waals surface area contributed by atoms with Crippen molar-refractivity contribution in [3.05, 3.63) is 58.9 Å². The number of hydrogen-bond acceptors (Lipinski definition) is 6. The zero-order valence-electron chi connectivity index (χ0n) is 19.0. The second-order valence-corrected chi connectivity index (χ2v) is 8.34. The molecule has 3 aromatic heterocycles. The molecule has 0 bridgehead atoms. The lowest BCUT2D eigenvalue weighted by Gasteiger charge is -2.13. The van der Waals surface area contributed by atoms with Gasteiger partial charge >= 0.3 is 11.9 Å². The number of nitrogens with zero attached hydrogens (tertiary/aromatic N) is 3. The number of halogens is 1. The average Bonchev–Trinajstić information content (AvgIpc) is 3.10. The number of aromatic carboxylic acids is 1. The number of aryl methyl sites for hydroxylation is 2. The molecular weight excluding hydrogens is 427 g/mol. The number of carboxylic acid groups (broad SMARTS) is 1. The molecule has 0 saturated heterocycles. The molecular formula is C24H29FN4O4. The monoisotopic (exact) mass is 456 g/mol. The van der Waals surface area contributed by atoms with Crippen LogP contribution in [0.3, 0.4) is 0 Å². The van der Waals surface area contributed by atoms with E-state index in [0.717, 1.165) is 23.7 Å². The summed E-state index contributed by atoms with van der Waals surface area (Å²) >= 11 is 0. The molecule has 0 unspecified atom stereocenters. The number of hydrogen-bond donors (Lipinski definition) is 2. The molecule has 3 rings (SSSR count). The smallest absolute Gasteiger partial charge is 0.355 e. The van der Waals surface area contributed by atoms with E-state index in [0.29, 0.717) is 42.7 Å². The molecule has 0 aliphatic carbocycles. The molecule has 3 N–H and O–H groups in total. The molecule has 0 saturated carbocycles. The molecule has 0 fully saturated rings. The Morgan fingerprint density at radius 2 is 1.94 bits per heavy atom. The molecule has 3 aromatic rings. The van der Waals surface area contributed by atoms with Crippen molar-refractivity contribution in [2.75, 3.05) is 0 Å². The molecule has 0 spiro atoms. The van der Waals surface area contributed by atoms with Gasteiger partial charge in [0.1, 0.15) is 16.9 Å². The zero-order chi connectivity index (χ0) is 24.1. The Kier molecular flexibility index (Phi) is 7.75. The van der Waals surface area contributed by atoms with E-state index in [1.807, 2.05) is 23.6 Å². The molecule has 8 nitrogen and oxygen atoms in total. The van der Waals surface area contributed by atoms with Crippen molar-refractivity contribution < 1.29 is 23.8 Å². The zero-order valence-corrected chi connectivity index (χ0v) is 19.0. The fourth-order valence-electron chi connectivity index (χ4n) is 3.73. The van der Waals surface area contributed by atoms with Gasteiger partial charge in [-0.3, -0.25) is 4.98 Å². The first-order chi connectivity index (χ1) is 15.7. The normalized spacial score (nSPS) is 12.3. The van der Waals surface area contributed by atoms with Crippen LogP contribution >= 0.6 is 0 Å². The summed E-state index contributed by atoms with van der Waals surface area (Å²) in [6.45, 7) is 5.96. The number of aromatic nitrogens is 3. The van der Waals surface area contributed by atoms with Crippen LogP contribution in [0.1, 0.15) is 78.2 Å². The van der Waals surface area contributed by atoms with Crippen molar-refractivity contribution in [1.29, 1.82) is 0 Å². The van der Waals surface area contributed by atoms with E-state index >= 15 is 0 Å². The van der Waals surface area contributed by atoms with E-state index in [2.05, 4.69) is 9.97 Å². The molecule has 9 heteroatoms. The maximum atomic E-state index is 13.8. The number of nitrogens with two attached hydrogens (primary N) is 1. The molecule has 1 atom stereocenters. The maximum Gasteiger partial charge on any atom is 0.355 e. The first-order valence-corrected chi connectivity index (χ1v) is 11.0. The van der Waals surface area contributed by atoms with Crippen LogP contribution < -0.4 is 5.73 Å². The standard InChI is InChI=1S/C24H29FN4O4/c1-14(2)33-24(32)20-11-16-8-9-19(15(3)26)28-22(16)29(20)10-6-4-5-7-17-12-27-13-18(25)21(17)23(30)31/h8-9,11-15H,4-7,10,26H2,1-3H3,(H,30,31)/t15-/m1/s1. The average molecular weight is 457 g/mol. The number of carboxylic acids is 1. The maximum absolute atomic E-state index is 13.8. The van der Waals surface area contributed by atoms with Crippen molar-refractivity contribution in [1.82, 2.24) is 14.5 Å². The summed E-state index contributed by atoms with van der Waals surface area (Å²) < 4.78 is 21.1. The number of rotatable bonds is 10. The van der Waals surface area contributed by atoms with E-state index in [1.165, 1.54) is 6.20 Å². The van der Waals surface area contributed by atoms with Gasteiger partial charge in [0, 0.05) is 24.2 Å². The second kappa shape index (κ2) is 10.5. The van der Waals surface area contributed by atoms with E-state index in [4.69, 9.17) is 10.5 Å². The molecule has 3 heterocycles. The van der Waals surface area contributed by atoms with Crippen molar-refractivity contribution in [2.24, 2.45) is 5.73 Å². The minimum atomic E-state index is -1.30. The highest BCUT2D eigenvalue weighted by Crippen LogP contribution is 2.23. The number of carbonyl (C=O) groups excluding carboxylic acids is 1. The third kappa shape index (κ3) is 5.73. The molecule has 0 aliphatic rings. The fraction of sp³-hybridized carbons (Fsp3) is 0.417. The van der Waals surface area contributed by atoms with E-state index < -0.39 is 17.8 Å². The Labute approximate surface area is 191 Å². The Morgan fingerprint density at radius 3 is 2.61 bits per heavy atom. The Morgan fingerprint density at radius 1 is 1.18 bits per heavy atom. The Balaban J connectivity index is 1.75. The van der Waals surface area contributed by atoms with Crippen molar-refractivity contribution in [2.45, 2.75) is 65.1 Å². The predicted octanol–water partition coefficient (Wildman–Crippen LogP) is 4.27. The largest absolute Gasteiger partial charge is 0.478 e. The molecule has 33 heavy (non-hydrogen) atoms. The van der Waals surface area contributed by atoms with Crippen molar-refractivity contribution in [3.63, 3.8) is 0 Å².